The Hall–Kier alpha value is -1.01. The number of hydrogen-bond donors (Lipinski definition) is 1. The second-order valence-corrected chi connectivity index (χ2v) is 5.35. The first kappa shape index (κ1) is 12.0. The first-order valence-corrected chi connectivity index (χ1v) is 6.17. The predicted molar refractivity (Wildman–Crippen MR) is 64.8 cm³/mol. The van der Waals surface area contributed by atoms with Crippen LogP contribution in [0.5, 0.6) is 0 Å². The molecular formula is C13H18N2O3. The molecule has 3 rings (SSSR count). The molecule has 1 atom stereocenters. The second-order valence-electron chi connectivity index (χ2n) is 5.35. The Bertz CT molecular complexity index is 412. The van der Waals surface area contributed by atoms with Gasteiger partial charge in [0.25, 0.3) is 0 Å². The Labute approximate surface area is 106 Å². The lowest BCUT2D eigenvalue weighted by Gasteiger charge is -2.40. The molecule has 1 unspecified atom stereocenters. The maximum absolute atomic E-state index is 5.77. The molecule has 1 aromatic rings. The largest absolute Gasteiger partial charge is 0.355 e. The summed E-state index contributed by atoms with van der Waals surface area (Å²) in [5.74, 6) is -0.504. The minimum Gasteiger partial charge on any atom is -0.355 e. The van der Waals surface area contributed by atoms with Crippen LogP contribution in [0.1, 0.15) is 25.8 Å². The smallest absolute Gasteiger partial charge is 0.162 e. The van der Waals surface area contributed by atoms with Crippen LogP contribution in [-0.4, -0.2) is 36.1 Å². The zero-order valence-corrected chi connectivity index (χ0v) is 10.7. The van der Waals surface area contributed by atoms with E-state index in [4.69, 9.17) is 14.2 Å². The van der Waals surface area contributed by atoms with Crippen LogP contribution in [0.15, 0.2) is 24.4 Å². The topological polar surface area (TPSA) is 52.6 Å². The van der Waals surface area contributed by atoms with Crippen molar-refractivity contribution in [1.82, 2.24) is 10.3 Å². The van der Waals surface area contributed by atoms with Crippen LogP contribution in [0.4, 0.5) is 0 Å². The Kier molecular flexibility index (Phi) is 2.86. The van der Waals surface area contributed by atoms with E-state index >= 15 is 0 Å². The van der Waals surface area contributed by atoms with Crippen molar-refractivity contribution in [3.63, 3.8) is 0 Å². The average molecular weight is 250 g/mol. The van der Waals surface area contributed by atoms with Crippen LogP contribution in [0.25, 0.3) is 0 Å². The second kappa shape index (κ2) is 4.28. The molecule has 2 fully saturated rings. The van der Waals surface area contributed by atoms with Gasteiger partial charge in [-0.1, -0.05) is 6.07 Å². The fourth-order valence-corrected chi connectivity index (χ4v) is 2.17. The highest BCUT2D eigenvalue weighted by Gasteiger charge is 2.46. The monoisotopic (exact) mass is 250 g/mol. The normalized spacial score (nSPS) is 29.6. The molecular weight excluding hydrogens is 232 g/mol. The summed E-state index contributed by atoms with van der Waals surface area (Å²) in [6.07, 6.45) is 1.59. The van der Waals surface area contributed by atoms with Crippen molar-refractivity contribution in [2.45, 2.75) is 31.4 Å². The highest BCUT2D eigenvalue weighted by molar-refractivity contribution is 5.10. The molecule has 0 radical (unpaired) electrons. The summed E-state index contributed by atoms with van der Waals surface area (Å²) in [6.45, 7) is 5.59. The van der Waals surface area contributed by atoms with Gasteiger partial charge < -0.3 is 14.2 Å². The number of rotatable bonds is 1. The van der Waals surface area contributed by atoms with E-state index in [1.54, 1.807) is 6.20 Å². The van der Waals surface area contributed by atoms with E-state index in [1.165, 1.54) is 0 Å². The number of nitrogens with zero attached hydrogens (tertiary/aromatic N) is 1. The molecule has 18 heavy (non-hydrogen) atoms. The van der Waals surface area contributed by atoms with Gasteiger partial charge in [0, 0.05) is 6.20 Å². The summed E-state index contributed by atoms with van der Waals surface area (Å²) < 4.78 is 17.2. The SMILES string of the molecule is CC1(C)OCC2(COC(c3ccccn3)N2)CO1. The van der Waals surface area contributed by atoms with E-state index in [0.717, 1.165) is 5.69 Å². The molecule has 3 heterocycles. The van der Waals surface area contributed by atoms with Crippen LogP contribution >= 0.6 is 0 Å². The lowest BCUT2D eigenvalue weighted by molar-refractivity contribution is -0.269. The molecule has 0 aliphatic carbocycles. The zero-order valence-electron chi connectivity index (χ0n) is 10.7. The van der Waals surface area contributed by atoms with Gasteiger partial charge in [0.1, 0.15) is 0 Å². The summed E-state index contributed by atoms with van der Waals surface area (Å²) >= 11 is 0. The molecule has 0 aromatic carbocycles. The third-order valence-corrected chi connectivity index (χ3v) is 3.31. The fraction of sp³-hybridized carbons (Fsp3) is 0.615. The van der Waals surface area contributed by atoms with Crippen LogP contribution in [0.3, 0.4) is 0 Å². The summed E-state index contributed by atoms with van der Waals surface area (Å²) in [5.41, 5.74) is 0.636. The van der Waals surface area contributed by atoms with Crippen LogP contribution < -0.4 is 5.32 Å². The zero-order chi connectivity index (χ0) is 12.6. The summed E-state index contributed by atoms with van der Waals surface area (Å²) in [6, 6.07) is 5.80. The summed E-state index contributed by atoms with van der Waals surface area (Å²) in [7, 11) is 0. The number of aromatic nitrogens is 1. The maximum atomic E-state index is 5.77. The van der Waals surface area contributed by atoms with E-state index in [0.29, 0.717) is 19.8 Å². The highest BCUT2D eigenvalue weighted by atomic mass is 16.7. The molecule has 1 spiro atoms. The Balaban J connectivity index is 1.69. The average Bonchev–Trinajstić information content (AvgIpc) is 2.80. The van der Waals surface area contributed by atoms with Gasteiger partial charge in [-0.15, -0.1) is 0 Å². The summed E-state index contributed by atoms with van der Waals surface area (Å²) in [4.78, 5) is 4.30. The molecule has 2 aliphatic heterocycles. The van der Waals surface area contributed by atoms with E-state index in [-0.39, 0.29) is 11.8 Å². The lowest BCUT2D eigenvalue weighted by Crippen LogP contribution is -2.58. The van der Waals surface area contributed by atoms with Crippen molar-refractivity contribution in [2.75, 3.05) is 19.8 Å². The van der Waals surface area contributed by atoms with Gasteiger partial charge in [0.15, 0.2) is 12.0 Å². The number of ether oxygens (including phenoxy) is 3. The van der Waals surface area contributed by atoms with Crippen molar-refractivity contribution in [2.24, 2.45) is 0 Å². The minimum absolute atomic E-state index is 0.181. The van der Waals surface area contributed by atoms with Gasteiger partial charge in [-0.05, 0) is 26.0 Å². The highest BCUT2D eigenvalue weighted by Crippen LogP contribution is 2.31. The third kappa shape index (κ3) is 2.27. The molecule has 5 nitrogen and oxygen atoms in total. The maximum Gasteiger partial charge on any atom is 0.162 e. The van der Waals surface area contributed by atoms with E-state index in [9.17, 15) is 0 Å². The quantitative estimate of drug-likeness (QED) is 0.812. The van der Waals surface area contributed by atoms with Crippen molar-refractivity contribution in [1.29, 1.82) is 0 Å². The molecule has 0 saturated carbocycles. The van der Waals surface area contributed by atoms with Gasteiger partial charge in [0.2, 0.25) is 0 Å². The summed E-state index contributed by atoms with van der Waals surface area (Å²) in [5, 5.41) is 3.43. The first-order chi connectivity index (χ1) is 8.59. The van der Waals surface area contributed by atoms with Gasteiger partial charge in [-0.3, -0.25) is 10.3 Å². The van der Waals surface area contributed by atoms with Crippen molar-refractivity contribution in [3.05, 3.63) is 30.1 Å². The van der Waals surface area contributed by atoms with Crippen molar-refractivity contribution >= 4 is 0 Å². The standard InChI is InChI=1S/C13H18N2O3/c1-12(2)17-8-13(9-18-12)7-16-11(15-13)10-5-3-4-6-14-10/h3-6,11,15H,7-9H2,1-2H3. The molecule has 0 amide bonds. The fourth-order valence-electron chi connectivity index (χ4n) is 2.17. The third-order valence-electron chi connectivity index (χ3n) is 3.31. The Morgan fingerprint density at radius 1 is 1.22 bits per heavy atom. The Morgan fingerprint density at radius 3 is 2.67 bits per heavy atom. The number of hydrogen-bond acceptors (Lipinski definition) is 5. The van der Waals surface area contributed by atoms with Crippen LogP contribution in [0.2, 0.25) is 0 Å². The number of pyridine rings is 1. The molecule has 2 saturated heterocycles. The van der Waals surface area contributed by atoms with Crippen LogP contribution in [-0.2, 0) is 14.2 Å². The molecule has 98 valence electrons. The number of nitrogens with one attached hydrogen (secondary N) is 1. The van der Waals surface area contributed by atoms with Gasteiger partial charge in [-0.25, -0.2) is 0 Å². The Morgan fingerprint density at radius 2 is 2.00 bits per heavy atom. The molecule has 0 bridgehead atoms. The van der Waals surface area contributed by atoms with Crippen LogP contribution in [0, 0.1) is 0 Å². The van der Waals surface area contributed by atoms with Gasteiger partial charge in [0.05, 0.1) is 31.1 Å². The lowest BCUT2D eigenvalue weighted by atomic mass is 10.0. The van der Waals surface area contributed by atoms with E-state index in [1.807, 2.05) is 32.0 Å². The van der Waals surface area contributed by atoms with Crippen molar-refractivity contribution < 1.29 is 14.2 Å². The van der Waals surface area contributed by atoms with E-state index in [2.05, 4.69) is 10.3 Å². The van der Waals surface area contributed by atoms with E-state index < -0.39 is 5.79 Å². The van der Waals surface area contributed by atoms with Gasteiger partial charge >= 0.3 is 0 Å². The molecule has 1 N–H and O–H groups in total. The molecule has 1 aromatic heterocycles. The van der Waals surface area contributed by atoms with Gasteiger partial charge in [-0.2, -0.15) is 0 Å². The molecule has 2 aliphatic rings. The first-order valence-electron chi connectivity index (χ1n) is 6.17. The van der Waals surface area contributed by atoms with Crippen molar-refractivity contribution in [3.8, 4) is 0 Å². The predicted octanol–water partition coefficient (Wildman–Crippen LogP) is 1.22. The molecule has 5 heteroatoms. The minimum atomic E-state index is -0.504.